The van der Waals surface area contributed by atoms with Crippen molar-refractivity contribution in [3.05, 3.63) is 54.3 Å². The Hall–Kier alpha value is -2.74. The van der Waals surface area contributed by atoms with Crippen molar-refractivity contribution in [2.24, 2.45) is 0 Å². The molecule has 1 unspecified atom stereocenters. The number of para-hydroxylation sites is 1. The van der Waals surface area contributed by atoms with Gasteiger partial charge in [0.25, 0.3) is 0 Å². The van der Waals surface area contributed by atoms with E-state index in [0.29, 0.717) is 37.6 Å². The van der Waals surface area contributed by atoms with E-state index in [-0.39, 0.29) is 17.6 Å². The summed E-state index contributed by atoms with van der Waals surface area (Å²) in [4.78, 5) is 29.4. The van der Waals surface area contributed by atoms with Crippen molar-refractivity contribution in [1.82, 2.24) is 10.2 Å². The first-order valence-electron chi connectivity index (χ1n) is 9.80. The van der Waals surface area contributed by atoms with Crippen LogP contribution in [0.5, 0.6) is 5.75 Å². The maximum absolute atomic E-state index is 14.0. The van der Waals surface area contributed by atoms with Crippen molar-refractivity contribution in [3.63, 3.8) is 0 Å². The first kappa shape index (κ1) is 22.0. The number of benzene rings is 2. The predicted molar refractivity (Wildman–Crippen MR) is 117 cm³/mol. The molecule has 3 rings (SSSR count). The molecule has 0 aliphatic carbocycles. The Labute approximate surface area is 180 Å². The molecule has 0 aromatic heterocycles. The average molecular weight is 432 g/mol. The maximum atomic E-state index is 14.0. The lowest BCUT2D eigenvalue weighted by atomic mass is 10.2. The van der Waals surface area contributed by atoms with Crippen LogP contribution in [0.15, 0.2) is 53.4 Å². The zero-order valence-electron chi connectivity index (χ0n) is 17.1. The normalized spacial score (nSPS) is 14.9. The topological polar surface area (TPSA) is 61.9 Å². The van der Waals surface area contributed by atoms with E-state index >= 15 is 0 Å². The lowest BCUT2D eigenvalue weighted by Crippen LogP contribution is -2.55. The molecule has 8 heteroatoms. The van der Waals surface area contributed by atoms with Crippen LogP contribution in [-0.4, -0.2) is 61.8 Å². The van der Waals surface area contributed by atoms with Crippen molar-refractivity contribution < 1.29 is 18.7 Å². The molecule has 0 radical (unpaired) electrons. The summed E-state index contributed by atoms with van der Waals surface area (Å²) in [6.45, 7) is 3.47. The molecule has 1 atom stereocenters. The summed E-state index contributed by atoms with van der Waals surface area (Å²) in [5.41, 5.74) is 0.554. The van der Waals surface area contributed by atoms with Gasteiger partial charge in [0, 0.05) is 43.8 Å². The molecule has 2 aromatic carbocycles. The van der Waals surface area contributed by atoms with Crippen LogP contribution in [0.2, 0.25) is 0 Å². The van der Waals surface area contributed by atoms with Crippen LogP contribution in [0.1, 0.15) is 6.92 Å². The third-order valence-electron chi connectivity index (χ3n) is 4.94. The van der Waals surface area contributed by atoms with Gasteiger partial charge < -0.3 is 19.9 Å². The molecule has 0 spiro atoms. The molecule has 160 valence electrons. The number of halogens is 1. The van der Waals surface area contributed by atoms with E-state index in [0.717, 1.165) is 10.6 Å². The minimum atomic E-state index is -0.616. The molecule has 1 fully saturated rings. The van der Waals surface area contributed by atoms with Crippen LogP contribution in [0.25, 0.3) is 0 Å². The van der Waals surface area contributed by atoms with Gasteiger partial charge in [-0.05, 0) is 36.4 Å². The van der Waals surface area contributed by atoms with Crippen LogP contribution < -0.4 is 15.0 Å². The van der Waals surface area contributed by atoms with Crippen LogP contribution >= 0.6 is 11.8 Å². The molecule has 1 aliphatic rings. The quantitative estimate of drug-likeness (QED) is 0.683. The first-order chi connectivity index (χ1) is 14.5. The van der Waals surface area contributed by atoms with Gasteiger partial charge in [0.05, 0.1) is 12.8 Å². The van der Waals surface area contributed by atoms with E-state index in [1.807, 2.05) is 29.2 Å². The number of hydrogen-bond donors (Lipinski definition) is 1. The Morgan fingerprint density at radius 1 is 1.10 bits per heavy atom. The molecule has 2 amide bonds. The summed E-state index contributed by atoms with van der Waals surface area (Å²) in [7, 11) is 1.61. The summed E-state index contributed by atoms with van der Waals surface area (Å²) in [6.07, 6.45) is 0. The van der Waals surface area contributed by atoms with Crippen LogP contribution in [-0.2, 0) is 9.59 Å². The van der Waals surface area contributed by atoms with Crippen molar-refractivity contribution in [2.75, 3.05) is 43.9 Å². The highest BCUT2D eigenvalue weighted by Gasteiger charge is 2.28. The van der Waals surface area contributed by atoms with E-state index in [1.165, 1.54) is 24.8 Å². The number of nitrogens with one attached hydrogen (secondary N) is 1. The fraction of sp³-hybridized carbons (Fsp3) is 0.364. The fourth-order valence-electron chi connectivity index (χ4n) is 3.37. The molecule has 30 heavy (non-hydrogen) atoms. The lowest BCUT2D eigenvalue weighted by molar-refractivity contribution is -0.135. The highest BCUT2D eigenvalue weighted by Crippen LogP contribution is 2.23. The lowest BCUT2D eigenvalue weighted by Gasteiger charge is -2.37. The maximum Gasteiger partial charge on any atom is 0.246 e. The number of amides is 2. The van der Waals surface area contributed by atoms with E-state index in [9.17, 15) is 14.0 Å². The number of hydrogen-bond acceptors (Lipinski definition) is 5. The van der Waals surface area contributed by atoms with Crippen molar-refractivity contribution in [2.45, 2.75) is 17.9 Å². The van der Waals surface area contributed by atoms with Crippen LogP contribution in [0.4, 0.5) is 10.1 Å². The second kappa shape index (κ2) is 10.3. The van der Waals surface area contributed by atoms with Gasteiger partial charge in [-0.2, -0.15) is 0 Å². The van der Waals surface area contributed by atoms with Gasteiger partial charge in [-0.3, -0.25) is 9.59 Å². The van der Waals surface area contributed by atoms with E-state index in [4.69, 9.17) is 4.74 Å². The van der Waals surface area contributed by atoms with Gasteiger partial charge in [-0.1, -0.05) is 12.1 Å². The van der Waals surface area contributed by atoms with Crippen LogP contribution in [0.3, 0.4) is 0 Å². The largest absolute Gasteiger partial charge is 0.497 e. The van der Waals surface area contributed by atoms with Crippen molar-refractivity contribution in [3.8, 4) is 5.75 Å². The Kier molecular flexibility index (Phi) is 7.57. The molecule has 0 saturated carbocycles. The Morgan fingerprint density at radius 2 is 1.77 bits per heavy atom. The highest BCUT2D eigenvalue weighted by atomic mass is 32.2. The number of nitrogens with zero attached hydrogens (tertiary/aromatic N) is 2. The molecular weight excluding hydrogens is 405 g/mol. The minimum absolute atomic E-state index is 0.112. The Morgan fingerprint density at radius 3 is 2.37 bits per heavy atom. The predicted octanol–water partition coefficient (Wildman–Crippen LogP) is 2.78. The molecule has 6 nitrogen and oxygen atoms in total. The second-order valence-corrected chi connectivity index (χ2v) is 8.10. The SMILES string of the molecule is COc1ccc(SCC(NC(C)=O)C(=O)N2CCN(c3ccccc3F)CC2)cc1. The van der Waals surface area contributed by atoms with Gasteiger partial charge in [-0.25, -0.2) is 4.39 Å². The van der Waals surface area contributed by atoms with Gasteiger partial charge in [-0.15, -0.1) is 11.8 Å². The second-order valence-electron chi connectivity index (χ2n) is 7.00. The van der Waals surface area contributed by atoms with Crippen molar-refractivity contribution in [1.29, 1.82) is 0 Å². The van der Waals surface area contributed by atoms with Gasteiger partial charge in [0.2, 0.25) is 11.8 Å². The minimum Gasteiger partial charge on any atom is -0.497 e. The number of rotatable bonds is 7. The fourth-order valence-corrected chi connectivity index (χ4v) is 4.28. The summed E-state index contributed by atoms with van der Waals surface area (Å²) in [6, 6.07) is 13.6. The number of piperazine rings is 1. The number of anilines is 1. The van der Waals surface area contributed by atoms with E-state index < -0.39 is 6.04 Å². The average Bonchev–Trinajstić information content (AvgIpc) is 2.77. The van der Waals surface area contributed by atoms with Gasteiger partial charge in [0.1, 0.15) is 17.6 Å². The zero-order chi connectivity index (χ0) is 21.5. The van der Waals surface area contributed by atoms with Crippen LogP contribution in [0, 0.1) is 5.82 Å². The standard InChI is InChI=1S/C22H26FN3O3S/c1-16(27)24-20(15-30-18-9-7-17(29-2)8-10-18)22(28)26-13-11-25(12-14-26)21-6-4-3-5-19(21)23/h3-10,20H,11-15H2,1-2H3,(H,24,27). The Balaban J connectivity index is 1.59. The highest BCUT2D eigenvalue weighted by molar-refractivity contribution is 7.99. The zero-order valence-corrected chi connectivity index (χ0v) is 18.0. The molecular formula is C22H26FN3O3S. The van der Waals surface area contributed by atoms with E-state index in [1.54, 1.807) is 30.2 Å². The number of methoxy groups -OCH3 is 1. The third-order valence-corrected chi connectivity index (χ3v) is 6.04. The van der Waals surface area contributed by atoms with E-state index in [2.05, 4.69) is 5.32 Å². The molecule has 2 aromatic rings. The summed E-state index contributed by atoms with van der Waals surface area (Å²) in [5, 5.41) is 2.77. The molecule has 0 bridgehead atoms. The smallest absolute Gasteiger partial charge is 0.246 e. The van der Waals surface area contributed by atoms with Gasteiger partial charge in [0.15, 0.2) is 0 Å². The monoisotopic (exact) mass is 431 g/mol. The number of ether oxygens (including phenoxy) is 1. The van der Waals surface area contributed by atoms with Gasteiger partial charge >= 0.3 is 0 Å². The summed E-state index contributed by atoms with van der Waals surface area (Å²) in [5.74, 6) is 0.581. The summed E-state index contributed by atoms with van der Waals surface area (Å²) >= 11 is 1.50. The molecule has 1 saturated heterocycles. The third kappa shape index (κ3) is 5.66. The molecule has 1 heterocycles. The Bertz CT molecular complexity index is 870. The first-order valence-corrected chi connectivity index (χ1v) is 10.8. The number of carbonyl (C=O) groups is 2. The van der Waals surface area contributed by atoms with Crippen molar-refractivity contribution >= 4 is 29.3 Å². The molecule has 1 N–H and O–H groups in total. The number of carbonyl (C=O) groups excluding carboxylic acids is 2. The molecule has 1 aliphatic heterocycles. The summed E-state index contributed by atoms with van der Waals surface area (Å²) < 4.78 is 19.2. The number of thioether (sulfide) groups is 1.